The Morgan fingerprint density at radius 2 is 2.04 bits per heavy atom. The van der Waals surface area contributed by atoms with Gasteiger partial charge in [0.1, 0.15) is 0 Å². The normalized spacial score (nSPS) is 11.2. The van der Waals surface area contributed by atoms with E-state index >= 15 is 0 Å². The van der Waals surface area contributed by atoms with Crippen LogP contribution >= 0.6 is 23.1 Å². The Labute approximate surface area is 153 Å². The quantitative estimate of drug-likeness (QED) is 0.558. The van der Waals surface area contributed by atoms with Crippen molar-refractivity contribution in [1.29, 1.82) is 0 Å². The molecule has 0 spiro atoms. The minimum atomic E-state index is -0.0669. The minimum absolute atomic E-state index is 0.0669. The molecule has 0 bridgehead atoms. The van der Waals surface area contributed by atoms with Crippen molar-refractivity contribution in [3.63, 3.8) is 0 Å². The number of fused-ring (bicyclic) bond motifs is 1. The summed E-state index contributed by atoms with van der Waals surface area (Å²) in [6.07, 6.45) is 1.86. The van der Waals surface area contributed by atoms with Crippen molar-refractivity contribution in [3.8, 4) is 21.6 Å². The summed E-state index contributed by atoms with van der Waals surface area (Å²) in [4.78, 5) is 18.1. The van der Waals surface area contributed by atoms with Crippen molar-refractivity contribution in [1.82, 2.24) is 14.6 Å². The lowest BCUT2D eigenvalue weighted by Crippen LogP contribution is -2.15. The van der Waals surface area contributed by atoms with Gasteiger partial charge in [0.05, 0.1) is 11.3 Å². The summed E-state index contributed by atoms with van der Waals surface area (Å²) in [5, 5.41) is 5.17. The predicted molar refractivity (Wildman–Crippen MR) is 106 cm³/mol. The monoisotopic (exact) mass is 367 g/mol. The van der Waals surface area contributed by atoms with Crippen molar-refractivity contribution in [2.75, 3.05) is 5.75 Å². The maximum Gasteiger partial charge on any atom is 0.272 e. The number of nitrogens with one attached hydrogen (secondary N) is 1. The van der Waals surface area contributed by atoms with Crippen LogP contribution in [0.1, 0.15) is 12.6 Å². The van der Waals surface area contributed by atoms with E-state index in [-0.39, 0.29) is 5.56 Å². The number of thioether (sulfide) groups is 1. The molecule has 0 fully saturated rings. The zero-order chi connectivity index (χ0) is 17.2. The summed E-state index contributed by atoms with van der Waals surface area (Å²) in [6, 6.07) is 14.1. The van der Waals surface area contributed by atoms with Gasteiger partial charge in [-0.1, -0.05) is 37.3 Å². The molecule has 6 heteroatoms. The highest BCUT2D eigenvalue weighted by Gasteiger charge is 2.13. The molecule has 0 aliphatic rings. The van der Waals surface area contributed by atoms with Crippen LogP contribution in [0.4, 0.5) is 0 Å². The molecule has 1 aromatic carbocycles. The minimum Gasteiger partial charge on any atom is -0.296 e. The number of aromatic nitrogens is 3. The van der Waals surface area contributed by atoms with Crippen LogP contribution < -0.4 is 5.56 Å². The first-order chi connectivity index (χ1) is 12.3. The molecular weight excluding hydrogens is 350 g/mol. The second-order valence-electron chi connectivity index (χ2n) is 5.63. The molecule has 126 valence electrons. The van der Waals surface area contributed by atoms with E-state index in [1.807, 2.05) is 24.4 Å². The lowest BCUT2D eigenvalue weighted by molar-refractivity contribution is 0.888. The molecule has 4 aromatic rings. The second-order valence-corrected chi connectivity index (χ2v) is 7.82. The molecule has 1 N–H and O–H groups in total. The third-order valence-electron chi connectivity index (χ3n) is 3.98. The molecule has 0 atom stereocenters. The van der Waals surface area contributed by atoms with E-state index in [2.05, 4.69) is 35.6 Å². The maximum atomic E-state index is 12.3. The smallest absolute Gasteiger partial charge is 0.272 e. The van der Waals surface area contributed by atoms with Crippen molar-refractivity contribution in [3.05, 3.63) is 70.1 Å². The van der Waals surface area contributed by atoms with Gasteiger partial charge in [0.15, 0.2) is 5.65 Å². The van der Waals surface area contributed by atoms with E-state index in [9.17, 15) is 4.79 Å². The Balaban J connectivity index is 1.78. The topological polar surface area (TPSA) is 50.2 Å². The van der Waals surface area contributed by atoms with Crippen LogP contribution in [0.2, 0.25) is 0 Å². The lowest BCUT2D eigenvalue weighted by Gasteiger charge is -2.01. The van der Waals surface area contributed by atoms with Crippen LogP contribution in [-0.4, -0.2) is 20.4 Å². The average Bonchev–Trinajstić information content (AvgIpc) is 3.27. The van der Waals surface area contributed by atoms with Gasteiger partial charge in [-0.05, 0) is 28.3 Å². The van der Waals surface area contributed by atoms with Crippen molar-refractivity contribution >= 4 is 28.7 Å². The molecule has 0 aliphatic carbocycles. The Kier molecular flexibility index (Phi) is 4.46. The van der Waals surface area contributed by atoms with E-state index < -0.39 is 0 Å². The highest BCUT2D eigenvalue weighted by molar-refractivity contribution is 7.98. The van der Waals surface area contributed by atoms with Crippen LogP contribution in [0, 0.1) is 0 Å². The van der Waals surface area contributed by atoms with Gasteiger partial charge in [0, 0.05) is 22.9 Å². The van der Waals surface area contributed by atoms with Gasteiger partial charge in [-0.15, -0.1) is 11.3 Å². The van der Waals surface area contributed by atoms with Crippen LogP contribution in [0.3, 0.4) is 0 Å². The number of hydrogen-bond donors (Lipinski definition) is 1. The van der Waals surface area contributed by atoms with Crippen LogP contribution in [0.15, 0.2) is 58.8 Å². The summed E-state index contributed by atoms with van der Waals surface area (Å²) in [6.45, 7) is 2.11. The van der Waals surface area contributed by atoms with E-state index in [0.29, 0.717) is 5.65 Å². The molecule has 0 amide bonds. The van der Waals surface area contributed by atoms with Gasteiger partial charge in [-0.25, -0.2) is 9.50 Å². The molecule has 25 heavy (non-hydrogen) atoms. The standard InChI is InChI=1S/C19H17N3OS2/c1-2-24-12-15-9-18(23)22-19(21-15)16(10-20-22)17-8-14(11-25-17)13-6-4-3-5-7-13/h3-11,20H,2,12H2,1H3. The number of aromatic amines is 1. The first-order valence-electron chi connectivity index (χ1n) is 8.08. The highest BCUT2D eigenvalue weighted by atomic mass is 32.2. The van der Waals surface area contributed by atoms with Crippen molar-refractivity contribution < 1.29 is 0 Å². The predicted octanol–water partition coefficient (Wildman–Crippen LogP) is 4.67. The number of rotatable bonds is 5. The first kappa shape index (κ1) is 16.2. The highest BCUT2D eigenvalue weighted by Crippen LogP contribution is 2.34. The molecule has 4 rings (SSSR count). The van der Waals surface area contributed by atoms with Gasteiger partial charge in [0.2, 0.25) is 0 Å². The molecule has 3 heterocycles. The first-order valence-corrected chi connectivity index (χ1v) is 10.1. The van der Waals surface area contributed by atoms with Crippen LogP contribution in [0.25, 0.3) is 27.2 Å². The van der Waals surface area contributed by atoms with Gasteiger partial charge >= 0.3 is 0 Å². The molecular formula is C19H17N3OS2. The number of hydrogen-bond acceptors (Lipinski definition) is 4. The third-order valence-corrected chi connectivity index (χ3v) is 5.85. The van der Waals surface area contributed by atoms with Gasteiger partial charge in [0.25, 0.3) is 5.56 Å². The van der Waals surface area contributed by atoms with Crippen molar-refractivity contribution in [2.45, 2.75) is 12.7 Å². The van der Waals surface area contributed by atoms with Gasteiger partial charge < -0.3 is 0 Å². The molecule has 0 saturated carbocycles. The fourth-order valence-corrected chi connectivity index (χ4v) is 4.24. The Morgan fingerprint density at radius 1 is 1.20 bits per heavy atom. The summed E-state index contributed by atoms with van der Waals surface area (Å²) < 4.78 is 1.51. The third kappa shape index (κ3) is 3.15. The molecule has 0 unspecified atom stereocenters. The summed E-state index contributed by atoms with van der Waals surface area (Å²) in [7, 11) is 0. The van der Waals surface area contributed by atoms with E-state index in [1.165, 1.54) is 15.6 Å². The maximum absolute atomic E-state index is 12.3. The second kappa shape index (κ2) is 6.90. The Hall–Kier alpha value is -2.31. The van der Waals surface area contributed by atoms with Gasteiger partial charge in [-0.3, -0.25) is 9.89 Å². The molecule has 0 radical (unpaired) electrons. The molecule has 3 aromatic heterocycles. The SMILES string of the molecule is CCSCc1cc(=O)n2[nH]cc(-c3cc(-c4ccccc4)cs3)c2n1. The summed E-state index contributed by atoms with van der Waals surface area (Å²) in [5.74, 6) is 1.76. The summed E-state index contributed by atoms with van der Waals surface area (Å²) in [5.41, 5.74) is 4.80. The largest absolute Gasteiger partial charge is 0.296 e. The van der Waals surface area contributed by atoms with E-state index in [1.54, 1.807) is 29.2 Å². The number of thiophene rings is 1. The van der Waals surface area contributed by atoms with Crippen LogP contribution in [-0.2, 0) is 5.75 Å². The lowest BCUT2D eigenvalue weighted by atomic mass is 10.1. The number of benzene rings is 1. The molecule has 0 saturated heterocycles. The number of H-pyrrole nitrogens is 1. The van der Waals surface area contributed by atoms with E-state index in [4.69, 9.17) is 4.98 Å². The zero-order valence-electron chi connectivity index (χ0n) is 13.7. The van der Waals surface area contributed by atoms with Crippen molar-refractivity contribution in [2.24, 2.45) is 0 Å². The van der Waals surface area contributed by atoms with Gasteiger partial charge in [-0.2, -0.15) is 11.8 Å². The zero-order valence-corrected chi connectivity index (χ0v) is 15.4. The van der Waals surface area contributed by atoms with Crippen LogP contribution in [0.5, 0.6) is 0 Å². The fourth-order valence-electron chi connectivity index (χ4n) is 2.75. The Bertz CT molecular complexity index is 1060. The van der Waals surface area contributed by atoms with E-state index in [0.717, 1.165) is 27.6 Å². The summed E-state index contributed by atoms with van der Waals surface area (Å²) >= 11 is 3.43. The molecule has 4 nitrogen and oxygen atoms in total. The molecule has 0 aliphatic heterocycles. The Morgan fingerprint density at radius 3 is 2.84 bits per heavy atom. The fraction of sp³-hybridized carbons (Fsp3) is 0.158. The average molecular weight is 367 g/mol. The number of nitrogens with zero attached hydrogens (tertiary/aromatic N) is 2.